The molecule has 0 unspecified atom stereocenters. The van der Waals surface area contributed by atoms with Gasteiger partial charge in [0.05, 0.1) is 17.5 Å². The number of carbonyl (C=O) groups is 1. The van der Waals surface area contributed by atoms with Gasteiger partial charge in [-0.05, 0) is 30.2 Å². The Morgan fingerprint density at radius 3 is 2.31 bits per heavy atom. The number of rotatable bonds is 8. The zero-order chi connectivity index (χ0) is 23.1. The Labute approximate surface area is 182 Å². The van der Waals surface area contributed by atoms with Crippen LogP contribution in [-0.2, 0) is 6.42 Å². The number of hydrogen-bond acceptors (Lipinski definition) is 4. The maximum atomic E-state index is 14.0. The van der Waals surface area contributed by atoms with Gasteiger partial charge in [-0.3, -0.25) is 4.98 Å². The number of halogens is 4. The van der Waals surface area contributed by atoms with Crippen molar-refractivity contribution in [3.63, 3.8) is 0 Å². The molecule has 0 aliphatic heterocycles. The summed E-state index contributed by atoms with van der Waals surface area (Å²) in [5, 5.41) is 0. The third-order valence-electron chi connectivity index (χ3n) is 4.37. The number of benzene rings is 2. The van der Waals surface area contributed by atoms with Crippen LogP contribution in [0.2, 0.25) is 0 Å². The molecule has 0 amide bonds. The van der Waals surface area contributed by atoms with Crippen LogP contribution in [-0.4, -0.2) is 17.4 Å². The van der Waals surface area contributed by atoms with Gasteiger partial charge >= 0.3 is 5.97 Å². The lowest BCUT2D eigenvalue weighted by atomic mass is 10.1. The van der Waals surface area contributed by atoms with Gasteiger partial charge in [-0.25, -0.2) is 22.4 Å². The molecule has 0 radical (unpaired) electrons. The third kappa shape index (κ3) is 5.94. The smallest absolute Gasteiger partial charge is 0.343 e. The van der Waals surface area contributed by atoms with E-state index < -0.39 is 35.5 Å². The lowest BCUT2D eigenvalue weighted by Gasteiger charge is -2.09. The standard InChI is InChI=1S/C24H19F4NO3/c1-2-3-15-4-9-21(29-14-15)16-5-7-17(8-6-16)24(30)32-18-12-19(25)23(20(26)13-18)31-11-10-22(27)28/h4-14,22H,2-3H2,1H3/b11-10+. The van der Waals surface area contributed by atoms with Gasteiger partial charge in [0.1, 0.15) is 5.75 Å². The van der Waals surface area contributed by atoms with E-state index in [1.165, 1.54) is 12.1 Å². The zero-order valence-electron chi connectivity index (χ0n) is 17.0. The highest BCUT2D eigenvalue weighted by atomic mass is 19.3. The minimum Gasteiger partial charge on any atom is -0.459 e. The van der Waals surface area contributed by atoms with Crippen molar-refractivity contribution in [2.24, 2.45) is 0 Å². The van der Waals surface area contributed by atoms with E-state index in [9.17, 15) is 22.4 Å². The summed E-state index contributed by atoms with van der Waals surface area (Å²) in [7, 11) is 0. The topological polar surface area (TPSA) is 48.4 Å². The van der Waals surface area contributed by atoms with Crippen molar-refractivity contribution in [3.8, 4) is 22.8 Å². The molecule has 4 nitrogen and oxygen atoms in total. The summed E-state index contributed by atoms with van der Waals surface area (Å²) in [4.78, 5) is 16.7. The Kier molecular flexibility index (Phi) is 7.59. The fourth-order valence-corrected chi connectivity index (χ4v) is 2.85. The van der Waals surface area contributed by atoms with E-state index in [1.54, 1.807) is 18.3 Å². The van der Waals surface area contributed by atoms with Gasteiger partial charge in [-0.1, -0.05) is 31.5 Å². The Balaban J connectivity index is 1.69. The van der Waals surface area contributed by atoms with Crippen LogP contribution in [0.15, 0.2) is 67.1 Å². The monoisotopic (exact) mass is 445 g/mol. The Morgan fingerprint density at radius 1 is 1.06 bits per heavy atom. The van der Waals surface area contributed by atoms with Gasteiger partial charge in [-0.2, -0.15) is 0 Å². The summed E-state index contributed by atoms with van der Waals surface area (Å²) < 4.78 is 61.7. The van der Waals surface area contributed by atoms with Crippen molar-refractivity contribution in [3.05, 3.63) is 89.8 Å². The van der Waals surface area contributed by atoms with E-state index in [0.717, 1.165) is 41.8 Å². The van der Waals surface area contributed by atoms with Gasteiger partial charge in [-0.15, -0.1) is 0 Å². The summed E-state index contributed by atoms with van der Waals surface area (Å²) in [6.45, 7) is 2.09. The molecule has 1 heterocycles. The number of allylic oxidation sites excluding steroid dienone is 1. The summed E-state index contributed by atoms with van der Waals surface area (Å²) in [6.07, 6.45) is 1.75. The number of aromatic nitrogens is 1. The van der Waals surface area contributed by atoms with E-state index in [2.05, 4.69) is 16.6 Å². The molecule has 0 fully saturated rings. The molecule has 0 aliphatic rings. The first-order valence-corrected chi connectivity index (χ1v) is 9.75. The van der Waals surface area contributed by atoms with Crippen LogP contribution in [0.5, 0.6) is 11.5 Å². The Morgan fingerprint density at radius 2 is 1.75 bits per heavy atom. The van der Waals surface area contributed by atoms with Crippen LogP contribution in [0.1, 0.15) is 29.3 Å². The highest BCUT2D eigenvalue weighted by molar-refractivity contribution is 5.91. The van der Waals surface area contributed by atoms with Gasteiger partial charge in [0.2, 0.25) is 0 Å². The van der Waals surface area contributed by atoms with E-state index >= 15 is 0 Å². The molecule has 166 valence electrons. The molecule has 32 heavy (non-hydrogen) atoms. The quantitative estimate of drug-likeness (QED) is 0.175. The second-order valence-corrected chi connectivity index (χ2v) is 6.77. The first-order valence-electron chi connectivity index (χ1n) is 9.75. The van der Waals surface area contributed by atoms with Crippen molar-refractivity contribution in [1.29, 1.82) is 0 Å². The van der Waals surface area contributed by atoms with Crippen LogP contribution >= 0.6 is 0 Å². The van der Waals surface area contributed by atoms with Gasteiger partial charge < -0.3 is 9.47 Å². The predicted octanol–water partition coefficient (Wildman–Crippen LogP) is 6.36. The molecule has 0 N–H and O–H groups in total. The van der Waals surface area contributed by atoms with Crippen molar-refractivity contribution < 1.29 is 31.8 Å². The third-order valence-corrected chi connectivity index (χ3v) is 4.37. The fourth-order valence-electron chi connectivity index (χ4n) is 2.85. The van der Waals surface area contributed by atoms with Gasteiger partial charge in [0, 0.05) is 30.0 Å². The first kappa shape index (κ1) is 23.0. The number of hydrogen-bond donors (Lipinski definition) is 0. The fraction of sp³-hybridized carbons (Fsp3) is 0.167. The molecule has 2 aromatic carbocycles. The molecule has 0 bridgehead atoms. The van der Waals surface area contributed by atoms with E-state index in [1.807, 2.05) is 12.1 Å². The average Bonchev–Trinajstić information content (AvgIpc) is 2.76. The van der Waals surface area contributed by atoms with Crippen molar-refractivity contribution in [1.82, 2.24) is 4.98 Å². The zero-order valence-corrected chi connectivity index (χ0v) is 17.0. The maximum Gasteiger partial charge on any atom is 0.343 e. The highest BCUT2D eigenvalue weighted by Gasteiger charge is 2.16. The SMILES string of the molecule is CCCc1ccc(-c2ccc(C(=O)Oc3cc(F)c(O/C=C/C(F)F)c(F)c3)cc2)nc1. The van der Waals surface area contributed by atoms with Gasteiger partial charge in [0.15, 0.2) is 17.4 Å². The minimum absolute atomic E-state index is 0.164. The van der Waals surface area contributed by atoms with Crippen LogP contribution in [0.3, 0.4) is 0 Å². The molecule has 0 saturated carbocycles. The normalized spacial score (nSPS) is 11.2. The molecule has 0 aliphatic carbocycles. The molecular formula is C24H19F4NO3. The number of alkyl halides is 2. The second-order valence-electron chi connectivity index (χ2n) is 6.77. The molecule has 0 saturated heterocycles. The number of carbonyl (C=O) groups excluding carboxylic acids is 1. The highest BCUT2D eigenvalue weighted by Crippen LogP contribution is 2.28. The largest absolute Gasteiger partial charge is 0.459 e. The number of aryl methyl sites for hydroxylation is 1. The molecule has 8 heteroatoms. The van der Waals surface area contributed by atoms with Gasteiger partial charge in [0.25, 0.3) is 6.43 Å². The minimum atomic E-state index is -2.83. The number of ether oxygens (including phenoxy) is 2. The summed E-state index contributed by atoms with van der Waals surface area (Å²) in [5.41, 5.74) is 2.83. The summed E-state index contributed by atoms with van der Waals surface area (Å²) in [5.74, 6) is -4.52. The molecular weight excluding hydrogens is 426 g/mol. The lowest BCUT2D eigenvalue weighted by molar-refractivity contribution is 0.0733. The summed E-state index contributed by atoms with van der Waals surface area (Å²) in [6, 6.07) is 11.7. The van der Waals surface area contributed by atoms with Crippen LogP contribution in [0.4, 0.5) is 17.6 Å². The molecule has 3 rings (SSSR count). The number of esters is 1. The van der Waals surface area contributed by atoms with Crippen LogP contribution < -0.4 is 9.47 Å². The second kappa shape index (κ2) is 10.6. The summed E-state index contributed by atoms with van der Waals surface area (Å²) >= 11 is 0. The Hall–Kier alpha value is -3.68. The van der Waals surface area contributed by atoms with Crippen LogP contribution in [0.25, 0.3) is 11.3 Å². The van der Waals surface area contributed by atoms with Crippen molar-refractivity contribution in [2.45, 2.75) is 26.2 Å². The van der Waals surface area contributed by atoms with Crippen molar-refractivity contribution in [2.75, 3.05) is 0 Å². The molecule has 1 aromatic heterocycles. The molecule has 0 spiro atoms. The average molecular weight is 445 g/mol. The molecule has 0 atom stereocenters. The molecule has 3 aromatic rings. The Bertz CT molecular complexity index is 1070. The lowest BCUT2D eigenvalue weighted by Crippen LogP contribution is -2.09. The van der Waals surface area contributed by atoms with E-state index in [4.69, 9.17) is 4.74 Å². The first-order chi connectivity index (χ1) is 15.4. The van der Waals surface area contributed by atoms with E-state index in [-0.39, 0.29) is 5.56 Å². The van der Waals surface area contributed by atoms with E-state index in [0.29, 0.717) is 12.3 Å². The van der Waals surface area contributed by atoms with Crippen LogP contribution in [0, 0.1) is 11.6 Å². The predicted molar refractivity (Wildman–Crippen MR) is 111 cm³/mol. The number of pyridine rings is 1. The number of nitrogens with zero attached hydrogens (tertiary/aromatic N) is 1. The maximum absolute atomic E-state index is 14.0. The van der Waals surface area contributed by atoms with Crippen molar-refractivity contribution >= 4 is 5.97 Å².